The molecule has 0 atom stereocenters. The van der Waals surface area contributed by atoms with E-state index in [-0.39, 0.29) is 11.6 Å². The molecule has 0 unspecified atom stereocenters. The van der Waals surface area contributed by atoms with Gasteiger partial charge in [0.05, 0.1) is 4.92 Å². The molecule has 4 aromatic rings. The third-order valence-electron chi connectivity index (χ3n) is 5.85. The van der Waals surface area contributed by atoms with E-state index < -0.39 is 4.92 Å². The van der Waals surface area contributed by atoms with Gasteiger partial charge in [0, 0.05) is 28.8 Å². The zero-order valence-electron chi connectivity index (χ0n) is 17.2. The van der Waals surface area contributed by atoms with Crippen LogP contribution in [0.25, 0.3) is 22.4 Å². The number of rotatable bonds is 5. The molecule has 0 radical (unpaired) electrons. The van der Waals surface area contributed by atoms with Crippen molar-refractivity contribution in [2.75, 3.05) is 5.32 Å². The molecule has 1 N–H and O–H groups in total. The maximum atomic E-state index is 13.5. The molecule has 4 aromatic carbocycles. The molecule has 0 heterocycles. The molecule has 1 aliphatic carbocycles. The van der Waals surface area contributed by atoms with Crippen LogP contribution < -0.4 is 5.32 Å². The molecule has 5 nitrogen and oxygen atoms in total. The Kier molecular flexibility index (Phi) is 5.00. The minimum atomic E-state index is -0.438. The number of carbonyl (C=O) groups excluding carboxylic acids is 1. The summed E-state index contributed by atoms with van der Waals surface area (Å²) >= 11 is 0. The number of nitrogens with one attached hydrogen (secondary N) is 1. The van der Waals surface area contributed by atoms with Crippen molar-refractivity contribution in [3.8, 4) is 0 Å². The molecular formula is C27H20N2O3. The molecule has 0 aliphatic heterocycles. The standard InChI is InChI=1S/C27H20N2O3/c30-27(28-25-15-14-21-13-12-20-9-5-11-23(25)26(20)21)24(19-7-2-1-3-8-19)17-18-6-4-10-22(16-18)29(31)32/h1-11,14-17H,12-13H2,(H,28,30)/b24-17+. The highest BCUT2D eigenvalue weighted by Crippen LogP contribution is 2.35. The Labute approximate surface area is 185 Å². The van der Waals surface area contributed by atoms with Crippen molar-refractivity contribution >= 4 is 39.7 Å². The zero-order chi connectivity index (χ0) is 22.1. The number of nitro groups is 1. The average molecular weight is 420 g/mol. The zero-order valence-corrected chi connectivity index (χ0v) is 17.2. The second-order valence-electron chi connectivity index (χ2n) is 7.84. The summed E-state index contributed by atoms with van der Waals surface area (Å²) in [5.74, 6) is -0.263. The SMILES string of the molecule is O=C(Nc1ccc2c3c(cccc13)CC2)/C(=C/c1cccc([N+](=O)[O-])c1)c1ccccc1. The van der Waals surface area contributed by atoms with Gasteiger partial charge in [-0.3, -0.25) is 14.9 Å². The summed E-state index contributed by atoms with van der Waals surface area (Å²) in [7, 11) is 0. The quantitative estimate of drug-likeness (QED) is 0.186. The fourth-order valence-corrected chi connectivity index (χ4v) is 4.34. The number of anilines is 1. The highest BCUT2D eigenvalue weighted by molar-refractivity contribution is 6.30. The van der Waals surface area contributed by atoms with Crippen molar-refractivity contribution in [2.45, 2.75) is 12.8 Å². The van der Waals surface area contributed by atoms with Gasteiger partial charge in [0.1, 0.15) is 0 Å². The lowest BCUT2D eigenvalue weighted by Gasteiger charge is -2.13. The summed E-state index contributed by atoms with van der Waals surface area (Å²) in [4.78, 5) is 24.2. The lowest BCUT2D eigenvalue weighted by molar-refractivity contribution is -0.384. The number of nitrogens with zero attached hydrogens (tertiary/aromatic N) is 1. The first-order valence-corrected chi connectivity index (χ1v) is 10.5. The van der Waals surface area contributed by atoms with Gasteiger partial charge in [-0.2, -0.15) is 0 Å². The number of non-ortho nitro benzene ring substituents is 1. The van der Waals surface area contributed by atoms with E-state index in [0.29, 0.717) is 11.1 Å². The van der Waals surface area contributed by atoms with Gasteiger partial charge >= 0.3 is 0 Å². The Morgan fingerprint density at radius 2 is 1.62 bits per heavy atom. The minimum Gasteiger partial charge on any atom is -0.321 e. The Bertz CT molecular complexity index is 1380. The van der Waals surface area contributed by atoms with Crippen molar-refractivity contribution < 1.29 is 9.72 Å². The molecule has 0 spiro atoms. The summed E-state index contributed by atoms with van der Waals surface area (Å²) in [6.07, 6.45) is 3.73. The molecule has 0 saturated heterocycles. The Morgan fingerprint density at radius 3 is 2.41 bits per heavy atom. The molecule has 0 saturated carbocycles. The lowest BCUT2D eigenvalue weighted by atomic mass is 10.0. The maximum absolute atomic E-state index is 13.5. The maximum Gasteiger partial charge on any atom is 0.270 e. The molecule has 32 heavy (non-hydrogen) atoms. The Balaban J connectivity index is 1.56. The van der Waals surface area contributed by atoms with Crippen molar-refractivity contribution in [3.05, 3.63) is 117 Å². The summed E-state index contributed by atoms with van der Waals surface area (Å²) in [6.45, 7) is 0. The number of benzene rings is 4. The number of aryl methyl sites for hydroxylation is 2. The first-order chi connectivity index (χ1) is 15.6. The van der Waals surface area contributed by atoms with Gasteiger partial charge in [0.25, 0.3) is 11.6 Å². The molecule has 1 amide bonds. The van der Waals surface area contributed by atoms with Gasteiger partial charge in [-0.25, -0.2) is 0 Å². The Morgan fingerprint density at radius 1 is 0.875 bits per heavy atom. The highest BCUT2D eigenvalue weighted by atomic mass is 16.6. The van der Waals surface area contributed by atoms with E-state index in [1.165, 1.54) is 28.6 Å². The normalized spacial score (nSPS) is 12.7. The fraction of sp³-hybridized carbons (Fsp3) is 0.0741. The minimum absolute atomic E-state index is 0.0147. The molecule has 0 bridgehead atoms. The molecule has 5 heteroatoms. The van der Waals surface area contributed by atoms with E-state index in [1.54, 1.807) is 18.2 Å². The molecular weight excluding hydrogens is 400 g/mol. The summed E-state index contributed by atoms with van der Waals surface area (Å²) in [5.41, 5.74) is 5.14. The highest BCUT2D eigenvalue weighted by Gasteiger charge is 2.19. The first kappa shape index (κ1) is 19.7. The van der Waals surface area contributed by atoms with Gasteiger partial charge in [0.2, 0.25) is 0 Å². The number of hydrogen-bond acceptors (Lipinski definition) is 3. The molecule has 0 aromatic heterocycles. The van der Waals surface area contributed by atoms with E-state index in [0.717, 1.165) is 29.5 Å². The largest absolute Gasteiger partial charge is 0.321 e. The fourth-order valence-electron chi connectivity index (χ4n) is 4.34. The van der Waals surface area contributed by atoms with Crippen LogP contribution in [0.4, 0.5) is 11.4 Å². The second-order valence-corrected chi connectivity index (χ2v) is 7.84. The van der Waals surface area contributed by atoms with E-state index in [2.05, 4.69) is 17.4 Å². The molecule has 5 rings (SSSR count). The third kappa shape index (κ3) is 3.65. The number of nitro benzene ring substituents is 1. The van der Waals surface area contributed by atoms with Gasteiger partial charge in [-0.05, 0) is 52.6 Å². The van der Waals surface area contributed by atoms with Crippen molar-refractivity contribution in [3.63, 3.8) is 0 Å². The van der Waals surface area contributed by atoms with Gasteiger partial charge < -0.3 is 5.32 Å². The Hall–Kier alpha value is -4.25. The lowest BCUT2D eigenvalue weighted by Crippen LogP contribution is -2.14. The summed E-state index contributed by atoms with van der Waals surface area (Å²) in [5, 5.41) is 16.5. The molecule has 0 fully saturated rings. The van der Waals surface area contributed by atoms with E-state index in [1.807, 2.05) is 48.5 Å². The van der Waals surface area contributed by atoms with Crippen LogP contribution in [-0.4, -0.2) is 10.8 Å². The summed E-state index contributed by atoms with van der Waals surface area (Å²) < 4.78 is 0. The summed E-state index contributed by atoms with van der Waals surface area (Å²) in [6, 6.07) is 25.9. The van der Waals surface area contributed by atoms with Gasteiger partial charge in [0.15, 0.2) is 0 Å². The number of carbonyl (C=O) groups is 1. The molecule has 1 aliphatic rings. The third-order valence-corrected chi connectivity index (χ3v) is 5.85. The monoisotopic (exact) mass is 420 g/mol. The topological polar surface area (TPSA) is 72.2 Å². The van der Waals surface area contributed by atoms with Crippen LogP contribution in [0.3, 0.4) is 0 Å². The van der Waals surface area contributed by atoms with E-state index in [9.17, 15) is 14.9 Å². The first-order valence-electron chi connectivity index (χ1n) is 10.5. The smallest absolute Gasteiger partial charge is 0.270 e. The predicted molar refractivity (Wildman–Crippen MR) is 127 cm³/mol. The number of amides is 1. The second kappa shape index (κ2) is 8.12. The van der Waals surface area contributed by atoms with E-state index in [4.69, 9.17) is 0 Å². The molecule has 156 valence electrons. The van der Waals surface area contributed by atoms with E-state index >= 15 is 0 Å². The van der Waals surface area contributed by atoms with Crippen molar-refractivity contribution in [1.82, 2.24) is 0 Å². The predicted octanol–water partition coefficient (Wildman–Crippen LogP) is 6.03. The van der Waals surface area contributed by atoms with Gasteiger partial charge in [-0.15, -0.1) is 0 Å². The van der Waals surface area contributed by atoms with Crippen molar-refractivity contribution in [1.29, 1.82) is 0 Å². The van der Waals surface area contributed by atoms with Crippen LogP contribution in [-0.2, 0) is 17.6 Å². The van der Waals surface area contributed by atoms with Gasteiger partial charge in [-0.1, -0.05) is 66.7 Å². The van der Waals surface area contributed by atoms with Crippen LogP contribution in [0.2, 0.25) is 0 Å². The number of hydrogen-bond donors (Lipinski definition) is 1. The average Bonchev–Trinajstić information content (AvgIpc) is 3.24. The van der Waals surface area contributed by atoms with Crippen LogP contribution in [0.1, 0.15) is 22.3 Å². The van der Waals surface area contributed by atoms with Crippen LogP contribution in [0, 0.1) is 10.1 Å². The van der Waals surface area contributed by atoms with Crippen LogP contribution in [0.15, 0.2) is 84.9 Å². The van der Waals surface area contributed by atoms with Crippen LogP contribution >= 0.6 is 0 Å². The van der Waals surface area contributed by atoms with Crippen LogP contribution in [0.5, 0.6) is 0 Å². The van der Waals surface area contributed by atoms with Crippen molar-refractivity contribution in [2.24, 2.45) is 0 Å².